The molecule has 0 amide bonds. The van der Waals surface area contributed by atoms with Crippen molar-refractivity contribution in [1.82, 2.24) is 4.90 Å². The van der Waals surface area contributed by atoms with Gasteiger partial charge in [-0.2, -0.15) is 0 Å². The van der Waals surface area contributed by atoms with Crippen LogP contribution in [0.1, 0.15) is 13.8 Å². The smallest absolute Gasteiger partial charge is 0.252 e. The Morgan fingerprint density at radius 2 is 1.64 bits per heavy atom. The minimum Gasteiger partial charge on any atom is -0.252 e. The summed E-state index contributed by atoms with van der Waals surface area (Å²) in [5, 5.41) is 0.773. The van der Waals surface area contributed by atoms with E-state index in [0.717, 1.165) is 31.5 Å². The highest BCUT2D eigenvalue weighted by Crippen LogP contribution is 1.97. The summed E-state index contributed by atoms with van der Waals surface area (Å²) in [5.41, 5.74) is 0. The van der Waals surface area contributed by atoms with Crippen LogP contribution in [0.4, 0.5) is 0 Å². The molecule has 0 aromatic carbocycles. The second kappa shape index (κ2) is 7.63. The third kappa shape index (κ3) is 3.97. The molecule has 0 fully saturated rings. The van der Waals surface area contributed by atoms with E-state index in [4.69, 9.17) is 11.6 Å². The summed E-state index contributed by atoms with van der Waals surface area (Å²) >= 11 is 6.24. The van der Waals surface area contributed by atoms with Gasteiger partial charge in [0.15, 0.2) is 0 Å². The summed E-state index contributed by atoms with van der Waals surface area (Å²) in [6.07, 6.45) is 3.69. The standard InChI is InChI=1S/C11H20ClN2/c1-5-9-14(10-6-2)11(12)13(7-3)8-4/h5-6H,1-2,7-10H2,3-4H3/q+1. The average molecular weight is 216 g/mol. The van der Waals surface area contributed by atoms with Gasteiger partial charge in [0.05, 0.1) is 13.1 Å². The molecule has 0 atom stereocenters. The highest BCUT2D eigenvalue weighted by molar-refractivity contribution is 6.63. The van der Waals surface area contributed by atoms with Crippen molar-refractivity contribution < 1.29 is 4.58 Å². The Balaban J connectivity index is 4.73. The second-order valence-electron chi connectivity index (χ2n) is 2.92. The highest BCUT2D eigenvalue weighted by Gasteiger charge is 2.15. The van der Waals surface area contributed by atoms with E-state index in [1.807, 2.05) is 16.7 Å². The summed E-state index contributed by atoms with van der Waals surface area (Å²) < 4.78 is 2.04. The van der Waals surface area contributed by atoms with E-state index in [9.17, 15) is 0 Å². The van der Waals surface area contributed by atoms with Gasteiger partial charge in [0, 0.05) is 11.6 Å². The summed E-state index contributed by atoms with van der Waals surface area (Å²) in [4.78, 5) is 2.11. The van der Waals surface area contributed by atoms with Gasteiger partial charge in [0.2, 0.25) is 0 Å². The van der Waals surface area contributed by atoms with Crippen LogP contribution < -0.4 is 0 Å². The molecule has 0 aliphatic heterocycles. The van der Waals surface area contributed by atoms with E-state index < -0.39 is 0 Å². The molecule has 0 spiro atoms. The zero-order chi connectivity index (χ0) is 11.0. The molecule has 0 saturated heterocycles. The SMILES string of the molecule is C=CC[N+](CC=C)=C(Cl)N(CC)CC. The molecule has 0 rings (SSSR count). The first-order valence-electron chi connectivity index (χ1n) is 4.95. The van der Waals surface area contributed by atoms with Gasteiger partial charge in [-0.15, -0.1) is 0 Å². The first-order chi connectivity index (χ1) is 6.71. The van der Waals surface area contributed by atoms with Crippen molar-refractivity contribution in [2.75, 3.05) is 26.2 Å². The van der Waals surface area contributed by atoms with Gasteiger partial charge in [0.25, 0.3) is 0 Å². The molecular formula is C11H20ClN2+. The lowest BCUT2D eigenvalue weighted by molar-refractivity contribution is -0.509. The Morgan fingerprint density at radius 1 is 1.21 bits per heavy atom. The van der Waals surface area contributed by atoms with E-state index in [-0.39, 0.29) is 0 Å². The van der Waals surface area contributed by atoms with Crippen LogP contribution in [0.2, 0.25) is 0 Å². The highest BCUT2D eigenvalue weighted by atomic mass is 35.5. The quantitative estimate of drug-likeness (QED) is 0.217. The molecule has 3 heteroatoms. The zero-order valence-corrected chi connectivity index (χ0v) is 9.93. The molecule has 0 aromatic heterocycles. The number of nitrogens with zero attached hydrogens (tertiary/aromatic N) is 2. The van der Waals surface area contributed by atoms with Crippen LogP contribution in [0, 0.1) is 0 Å². The van der Waals surface area contributed by atoms with Crippen molar-refractivity contribution in [3.05, 3.63) is 25.3 Å². The molecule has 0 radical (unpaired) electrons. The fraction of sp³-hybridized carbons (Fsp3) is 0.545. The van der Waals surface area contributed by atoms with Crippen LogP contribution in [0.25, 0.3) is 0 Å². The third-order valence-corrected chi connectivity index (χ3v) is 2.46. The number of hydrogen-bond acceptors (Lipinski definition) is 0. The van der Waals surface area contributed by atoms with E-state index in [1.54, 1.807) is 0 Å². The topological polar surface area (TPSA) is 6.25 Å². The van der Waals surface area contributed by atoms with Gasteiger partial charge in [-0.05, 0) is 13.8 Å². The molecule has 0 heterocycles. The van der Waals surface area contributed by atoms with Crippen LogP contribution in [0.3, 0.4) is 0 Å². The maximum absolute atomic E-state index is 6.24. The molecule has 14 heavy (non-hydrogen) atoms. The van der Waals surface area contributed by atoms with E-state index >= 15 is 0 Å². The lowest BCUT2D eigenvalue weighted by Crippen LogP contribution is -2.34. The molecule has 0 aliphatic rings. The van der Waals surface area contributed by atoms with Crippen molar-refractivity contribution in [2.45, 2.75) is 13.8 Å². The van der Waals surface area contributed by atoms with Crippen molar-refractivity contribution in [3.8, 4) is 0 Å². The summed E-state index contributed by atoms with van der Waals surface area (Å²) in [5.74, 6) is 0. The second-order valence-corrected chi connectivity index (χ2v) is 3.26. The van der Waals surface area contributed by atoms with Crippen LogP contribution in [-0.4, -0.2) is 40.9 Å². The Bertz CT molecular complexity index is 205. The number of halogens is 1. The van der Waals surface area contributed by atoms with Crippen molar-refractivity contribution in [1.29, 1.82) is 0 Å². The van der Waals surface area contributed by atoms with Crippen LogP contribution in [-0.2, 0) is 0 Å². The fourth-order valence-electron chi connectivity index (χ4n) is 1.22. The number of amidine groups is 1. The largest absolute Gasteiger partial charge is 0.345 e. The average Bonchev–Trinajstić information content (AvgIpc) is 2.19. The minimum atomic E-state index is 0.751. The summed E-state index contributed by atoms with van der Waals surface area (Å²) in [7, 11) is 0. The first-order valence-corrected chi connectivity index (χ1v) is 5.33. The Hall–Kier alpha value is -0.760. The summed E-state index contributed by atoms with van der Waals surface area (Å²) in [6.45, 7) is 14.9. The number of hydrogen-bond donors (Lipinski definition) is 0. The molecule has 0 saturated carbocycles. The lowest BCUT2D eigenvalue weighted by atomic mass is 10.5. The predicted molar refractivity (Wildman–Crippen MR) is 64.2 cm³/mol. The van der Waals surface area contributed by atoms with E-state index in [2.05, 4.69) is 31.9 Å². The molecule has 0 bridgehead atoms. The van der Waals surface area contributed by atoms with Gasteiger partial charge < -0.3 is 0 Å². The molecule has 0 aliphatic carbocycles. The lowest BCUT2D eigenvalue weighted by Gasteiger charge is -2.14. The van der Waals surface area contributed by atoms with Crippen LogP contribution in [0.5, 0.6) is 0 Å². The predicted octanol–water partition coefficient (Wildman–Crippen LogP) is 2.31. The van der Waals surface area contributed by atoms with Gasteiger partial charge in [-0.3, -0.25) is 4.90 Å². The maximum Gasteiger partial charge on any atom is 0.345 e. The third-order valence-electron chi connectivity index (χ3n) is 1.98. The van der Waals surface area contributed by atoms with Gasteiger partial charge in [-0.1, -0.05) is 25.3 Å². The monoisotopic (exact) mass is 215 g/mol. The van der Waals surface area contributed by atoms with Crippen LogP contribution >= 0.6 is 11.6 Å². The van der Waals surface area contributed by atoms with Crippen molar-refractivity contribution in [2.24, 2.45) is 0 Å². The Labute approximate surface area is 92.2 Å². The van der Waals surface area contributed by atoms with Gasteiger partial charge in [0.1, 0.15) is 13.1 Å². The van der Waals surface area contributed by atoms with Crippen molar-refractivity contribution in [3.63, 3.8) is 0 Å². The van der Waals surface area contributed by atoms with E-state index in [1.165, 1.54) is 0 Å². The number of rotatable bonds is 6. The van der Waals surface area contributed by atoms with Gasteiger partial charge in [-0.25, -0.2) is 4.58 Å². The van der Waals surface area contributed by atoms with Gasteiger partial charge >= 0.3 is 5.29 Å². The maximum atomic E-state index is 6.24. The molecule has 0 N–H and O–H groups in total. The molecular weight excluding hydrogens is 196 g/mol. The first kappa shape index (κ1) is 13.2. The van der Waals surface area contributed by atoms with Crippen molar-refractivity contribution >= 4 is 16.9 Å². The Morgan fingerprint density at radius 3 is 1.93 bits per heavy atom. The normalized spacial score (nSPS) is 9.36. The Kier molecular flexibility index (Phi) is 7.21. The van der Waals surface area contributed by atoms with E-state index in [0.29, 0.717) is 0 Å². The zero-order valence-electron chi connectivity index (χ0n) is 9.17. The summed E-state index contributed by atoms with van der Waals surface area (Å²) in [6, 6.07) is 0. The van der Waals surface area contributed by atoms with Crippen LogP contribution in [0.15, 0.2) is 25.3 Å². The molecule has 0 unspecified atom stereocenters. The fourth-order valence-corrected chi connectivity index (χ4v) is 1.60. The molecule has 2 nitrogen and oxygen atoms in total. The molecule has 0 aromatic rings. The molecule has 80 valence electrons. The minimum absolute atomic E-state index is 0.751.